The molecule has 5 rings (SSSR count). The van der Waals surface area contributed by atoms with E-state index >= 15 is 0 Å². The van der Waals surface area contributed by atoms with E-state index in [2.05, 4.69) is 41.5 Å². The van der Waals surface area contributed by atoms with Crippen LogP contribution in [0.25, 0.3) is 11.0 Å². The van der Waals surface area contributed by atoms with E-state index in [1.54, 1.807) is 7.11 Å². The van der Waals surface area contributed by atoms with Crippen molar-refractivity contribution in [2.24, 2.45) is 0 Å². The van der Waals surface area contributed by atoms with Crippen molar-refractivity contribution < 1.29 is 23.8 Å². The molecule has 1 saturated heterocycles. The monoisotopic (exact) mass is 556 g/mol. The minimum absolute atomic E-state index is 0.114. The van der Waals surface area contributed by atoms with Gasteiger partial charge >= 0.3 is 6.09 Å². The van der Waals surface area contributed by atoms with Crippen LogP contribution in [0.2, 0.25) is 0 Å². The first-order valence-electron chi connectivity index (χ1n) is 13.9. The van der Waals surface area contributed by atoms with Crippen molar-refractivity contribution in [1.29, 1.82) is 0 Å². The number of hydrogen-bond donors (Lipinski definition) is 0. The van der Waals surface area contributed by atoms with Crippen LogP contribution in [-0.2, 0) is 34.0 Å². The van der Waals surface area contributed by atoms with Crippen molar-refractivity contribution in [2.45, 2.75) is 65.8 Å². The number of rotatable bonds is 10. The number of carbonyl (C=O) groups is 2. The Labute approximate surface area is 240 Å². The maximum absolute atomic E-state index is 13.5. The number of methoxy groups -OCH3 is 1. The maximum atomic E-state index is 13.5. The molecule has 3 aromatic carbocycles. The molecular formula is C32H36N4O5. The molecule has 0 bridgehead atoms. The molecule has 1 aliphatic rings. The molecule has 1 aromatic heterocycles. The fraction of sp³-hybridized carbons (Fsp3) is 0.375. The first-order valence-corrected chi connectivity index (χ1v) is 13.9. The lowest BCUT2D eigenvalue weighted by molar-refractivity contribution is -0.129. The van der Waals surface area contributed by atoms with Gasteiger partial charge in [-0.15, -0.1) is 5.10 Å². The molecule has 0 N–H and O–H groups in total. The molecule has 9 nitrogen and oxygen atoms in total. The van der Waals surface area contributed by atoms with Gasteiger partial charge in [-0.3, -0.25) is 4.79 Å². The molecule has 0 unspecified atom stereocenters. The maximum Gasteiger partial charge on any atom is 0.416 e. The smallest absolute Gasteiger partial charge is 0.416 e. The van der Waals surface area contributed by atoms with Gasteiger partial charge in [0.15, 0.2) is 0 Å². The summed E-state index contributed by atoms with van der Waals surface area (Å²) in [6, 6.07) is 17.8. The van der Waals surface area contributed by atoms with Gasteiger partial charge in [-0.1, -0.05) is 41.6 Å². The number of carbonyl (C=O) groups excluding carboxylic acids is 2. The van der Waals surface area contributed by atoms with Crippen molar-refractivity contribution in [3.05, 3.63) is 88.0 Å². The summed E-state index contributed by atoms with van der Waals surface area (Å²) in [5.41, 5.74) is 7.87. The molecule has 0 aliphatic carbocycles. The molecule has 1 fully saturated rings. The van der Waals surface area contributed by atoms with Crippen LogP contribution in [0.4, 0.5) is 4.79 Å². The van der Waals surface area contributed by atoms with Gasteiger partial charge in [0.05, 0.1) is 31.9 Å². The highest BCUT2D eigenvalue weighted by Gasteiger charge is 2.36. The molecule has 1 aliphatic heterocycles. The predicted octanol–water partition coefficient (Wildman–Crippen LogP) is 5.68. The highest BCUT2D eigenvalue weighted by Crippen LogP contribution is 2.35. The quantitative estimate of drug-likeness (QED) is 0.248. The molecule has 9 heteroatoms. The number of benzene rings is 3. The second-order valence-corrected chi connectivity index (χ2v) is 10.5. The van der Waals surface area contributed by atoms with Crippen molar-refractivity contribution in [3.8, 4) is 5.75 Å². The Kier molecular flexibility index (Phi) is 8.35. The lowest BCUT2D eigenvalue weighted by Gasteiger charge is -2.24. The van der Waals surface area contributed by atoms with Crippen molar-refractivity contribution >= 4 is 23.0 Å². The van der Waals surface area contributed by atoms with Crippen LogP contribution in [0.3, 0.4) is 0 Å². The Morgan fingerprint density at radius 3 is 2.56 bits per heavy atom. The van der Waals surface area contributed by atoms with Crippen molar-refractivity contribution in [3.63, 3.8) is 0 Å². The summed E-state index contributed by atoms with van der Waals surface area (Å²) < 4.78 is 18.3. The number of aromatic nitrogens is 3. The van der Waals surface area contributed by atoms with Gasteiger partial charge < -0.3 is 14.2 Å². The van der Waals surface area contributed by atoms with E-state index in [4.69, 9.17) is 14.2 Å². The lowest BCUT2D eigenvalue weighted by Crippen LogP contribution is -2.38. The van der Waals surface area contributed by atoms with Crippen LogP contribution in [0.1, 0.15) is 59.6 Å². The molecule has 2 atom stereocenters. The molecule has 0 spiro atoms. The number of hydrogen-bond acceptors (Lipinski definition) is 7. The summed E-state index contributed by atoms with van der Waals surface area (Å²) in [5, 5.41) is 8.73. The number of fused-ring (bicyclic) bond motifs is 1. The zero-order chi connectivity index (χ0) is 29.1. The van der Waals surface area contributed by atoms with Crippen LogP contribution >= 0.6 is 0 Å². The van der Waals surface area contributed by atoms with E-state index in [-0.39, 0.29) is 30.9 Å². The third-order valence-corrected chi connectivity index (χ3v) is 7.85. The molecule has 0 saturated carbocycles. The minimum atomic E-state index is -0.587. The lowest BCUT2D eigenvalue weighted by atomic mass is 9.84. The van der Waals surface area contributed by atoms with Crippen LogP contribution in [-0.4, -0.2) is 51.7 Å². The van der Waals surface area contributed by atoms with Gasteiger partial charge in [0.25, 0.3) is 0 Å². The average Bonchev–Trinajstić information content (AvgIpc) is 3.56. The molecule has 2 amide bonds. The zero-order valence-electron chi connectivity index (χ0n) is 24.2. The minimum Gasteiger partial charge on any atom is -0.497 e. The summed E-state index contributed by atoms with van der Waals surface area (Å²) in [5.74, 6) is 0.236. The molecule has 4 aromatic rings. The van der Waals surface area contributed by atoms with E-state index in [1.807, 2.05) is 55.8 Å². The van der Waals surface area contributed by atoms with E-state index < -0.39 is 6.09 Å². The average molecular weight is 557 g/mol. The number of nitrogens with zero attached hydrogens (tertiary/aromatic N) is 4. The number of ether oxygens (including phenoxy) is 3. The summed E-state index contributed by atoms with van der Waals surface area (Å²) in [7, 11) is 1.65. The van der Waals surface area contributed by atoms with Crippen LogP contribution in [0.5, 0.6) is 5.75 Å². The fourth-order valence-electron chi connectivity index (χ4n) is 5.40. The summed E-state index contributed by atoms with van der Waals surface area (Å²) in [6.45, 7) is 9.73. The number of cyclic esters (lactones) is 1. The molecule has 0 radical (unpaired) electrons. The second-order valence-electron chi connectivity index (χ2n) is 10.5. The van der Waals surface area contributed by atoms with Crippen LogP contribution < -0.4 is 4.74 Å². The van der Waals surface area contributed by atoms with Gasteiger partial charge in [-0.2, -0.15) is 0 Å². The largest absolute Gasteiger partial charge is 0.497 e. The Bertz CT molecular complexity index is 1560. The highest BCUT2D eigenvalue weighted by atomic mass is 16.6. The molecule has 41 heavy (non-hydrogen) atoms. The third-order valence-electron chi connectivity index (χ3n) is 7.85. The van der Waals surface area contributed by atoms with Gasteiger partial charge in [0.2, 0.25) is 5.91 Å². The summed E-state index contributed by atoms with van der Waals surface area (Å²) >= 11 is 0. The normalized spacial score (nSPS) is 15.8. The fourth-order valence-corrected chi connectivity index (χ4v) is 5.40. The van der Waals surface area contributed by atoms with E-state index in [9.17, 15) is 9.59 Å². The van der Waals surface area contributed by atoms with Gasteiger partial charge in [0.1, 0.15) is 17.9 Å². The third kappa shape index (κ3) is 5.81. The number of imide groups is 1. The number of amides is 2. The first kappa shape index (κ1) is 28.3. The van der Waals surface area contributed by atoms with E-state index in [0.717, 1.165) is 50.2 Å². The zero-order valence-corrected chi connectivity index (χ0v) is 24.2. The number of aryl methyl sites for hydroxylation is 3. The van der Waals surface area contributed by atoms with Gasteiger partial charge in [-0.25, -0.2) is 14.4 Å². The first-order chi connectivity index (χ1) is 19.8. The molecule has 214 valence electrons. The molecular weight excluding hydrogens is 520 g/mol. The van der Waals surface area contributed by atoms with Gasteiger partial charge in [0, 0.05) is 18.9 Å². The Morgan fingerprint density at radius 1 is 1.10 bits per heavy atom. The Balaban J connectivity index is 1.46. The highest BCUT2D eigenvalue weighted by molar-refractivity contribution is 5.94. The van der Waals surface area contributed by atoms with E-state index in [0.29, 0.717) is 19.8 Å². The van der Waals surface area contributed by atoms with Crippen molar-refractivity contribution in [2.75, 3.05) is 13.7 Å². The van der Waals surface area contributed by atoms with Crippen molar-refractivity contribution in [1.82, 2.24) is 19.9 Å². The predicted molar refractivity (Wildman–Crippen MR) is 155 cm³/mol. The summed E-state index contributed by atoms with van der Waals surface area (Å²) in [6.07, 6.45) is -0.473. The second kappa shape index (κ2) is 12.1. The topological polar surface area (TPSA) is 95.8 Å². The Hall–Kier alpha value is -4.24. The van der Waals surface area contributed by atoms with Gasteiger partial charge in [-0.05, 0) is 79.3 Å². The molecule has 2 heterocycles. The van der Waals surface area contributed by atoms with Crippen LogP contribution in [0.15, 0.2) is 54.6 Å². The summed E-state index contributed by atoms with van der Waals surface area (Å²) in [4.78, 5) is 27.1. The SMILES string of the molecule is CCn1nnc2c(C)c([C@@H](CC(=O)N3C(=O)OC[C@H]3C)c3ccc(C)c(COCc4ccc(OC)cc4)c3)ccc21. The van der Waals surface area contributed by atoms with E-state index in [1.165, 1.54) is 4.90 Å². The standard InChI is InChI=1S/C32H36N4O5/c1-6-35-29-14-13-27(22(4)31(29)33-34-35)28(16-30(37)36-21(3)17-41-32(36)38)24-10-7-20(2)25(15-24)19-40-18-23-8-11-26(39-5)12-9-23/h7-15,21,28H,6,16-19H2,1-5H3/t21-,28+/m1/s1. The Morgan fingerprint density at radius 2 is 1.88 bits per heavy atom. The van der Waals surface area contributed by atoms with Crippen LogP contribution in [0, 0.1) is 13.8 Å².